The molecule has 0 fully saturated rings. The third kappa shape index (κ3) is 3.85. The van der Waals surface area contributed by atoms with E-state index in [1.807, 2.05) is 24.3 Å². The van der Waals surface area contributed by atoms with Crippen LogP contribution in [-0.2, 0) is 0 Å². The van der Waals surface area contributed by atoms with Crippen molar-refractivity contribution in [3.63, 3.8) is 0 Å². The fourth-order valence-corrected chi connectivity index (χ4v) is 8.99. The molecule has 4 aromatic carbocycles. The van der Waals surface area contributed by atoms with E-state index in [2.05, 4.69) is 92.7 Å². The summed E-state index contributed by atoms with van der Waals surface area (Å²) in [6.45, 7) is 4.68. The minimum Gasteiger partial charge on any atom is -0.497 e. The van der Waals surface area contributed by atoms with Crippen molar-refractivity contribution in [1.82, 2.24) is 0 Å². The number of hydrogen-bond acceptors (Lipinski definition) is 2. The summed E-state index contributed by atoms with van der Waals surface area (Å²) in [7, 11) is 0.449. The highest BCUT2D eigenvalue weighted by Gasteiger charge is 2.32. The second-order valence-corrected chi connectivity index (χ2v) is 12.4. The van der Waals surface area contributed by atoms with Crippen LogP contribution in [0, 0.1) is 11.3 Å². The molecule has 1 aliphatic heterocycles. The molecule has 2 nitrogen and oxygen atoms in total. The maximum absolute atomic E-state index is 9.25. The summed E-state index contributed by atoms with van der Waals surface area (Å²) < 4.78 is 5.39. The van der Waals surface area contributed by atoms with Gasteiger partial charge in [0.15, 0.2) is 0 Å². The van der Waals surface area contributed by atoms with Crippen LogP contribution in [0.3, 0.4) is 0 Å². The summed E-state index contributed by atoms with van der Waals surface area (Å²) >= 11 is 0. The highest BCUT2D eigenvalue weighted by molar-refractivity contribution is 8.33. The molecule has 0 saturated heterocycles. The molecule has 35 heavy (non-hydrogen) atoms. The van der Waals surface area contributed by atoms with Crippen molar-refractivity contribution in [1.29, 1.82) is 5.26 Å². The first kappa shape index (κ1) is 23.0. The summed E-state index contributed by atoms with van der Waals surface area (Å²) in [5.74, 6) is 3.05. The number of rotatable bonds is 5. The lowest BCUT2D eigenvalue weighted by Crippen LogP contribution is -2.10. The Kier molecular flexibility index (Phi) is 6.24. The van der Waals surface area contributed by atoms with Crippen molar-refractivity contribution in [2.75, 3.05) is 18.6 Å². The van der Waals surface area contributed by atoms with Crippen molar-refractivity contribution in [2.24, 2.45) is 0 Å². The van der Waals surface area contributed by atoms with Crippen LogP contribution in [0.25, 0.3) is 34.4 Å². The average molecular weight is 476 g/mol. The van der Waals surface area contributed by atoms with Crippen LogP contribution >= 0.6 is 10.0 Å². The van der Waals surface area contributed by atoms with E-state index in [1.54, 1.807) is 7.11 Å². The van der Waals surface area contributed by atoms with Crippen molar-refractivity contribution < 1.29 is 4.74 Å². The van der Waals surface area contributed by atoms with Gasteiger partial charge in [-0.2, -0.15) is 15.3 Å². The smallest absolute Gasteiger partial charge is 0.118 e. The molecule has 0 N–H and O–H groups in total. The Morgan fingerprint density at radius 3 is 1.60 bits per heavy atom. The predicted octanol–water partition coefficient (Wildman–Crippen LogP) is 8.65. The molecule has 174 valence electrons. The molecule has 3 heteroatoms. The monoisotopic (exact) mass is 475 g/mol. The van der Waals surface area contributed by atoms with E-state index < -0.39 is 10.0 Å². The molecule has 0 aromatic heterocycles. The number of benzene rings is 4. The van der Waals surface area contributed by atoms with Gasteiger partial charge < -0.3 is 4.74 Å². The molecule has 1 aliphatic rings. The third-order valence-electron chi connectivity index (χ3n) is 7.10. The van der Waals surface area contributed by atoms with Crippen LogP contribution < -0.4 is 4.74 Å². The number of ether oxygens (including phenoxy) is 1. The zero-order valence-corrected chi connectivity index (χ0v) is 21.2. The first-order chi connectivity index (χ1) is 17.1. The fraction of sp³-hybridized carbons (Fsp3) is 0.156. The molecule has 1 heterocycles. The molecule has 0 radical (unpaired) electrons. The first-order valence-electron chi connectivity index (χ1n) is 12.0. The summed E-state index contributed by atoms with van der Waals surface area (Å²) in [4.78, 5) is 2.91. The molecule has 0 spiro atoms. The second kappa shape index (κ2) is 9.49. The minimum atomic E-state index is -1.25. The van der Waals surface area contributed by atoms with Crippen molar-refractivity contribution in [3.05, 3.63) is 102 Å². The molecule has 0 saturated carbocycles. The van der Waals surface area contributed by atoms with Crippen LogP contribution in [0.2, 0.25) is 0 Å². The Morgan fingerprint density at radius 1 is 0.686 bits per heavy atom. The molecule has 0 bridgehead atoms. The normalized spacial score (nSPS) is 14.2. The van der Waals surface area contributed by atoms with Gasteiger partial charge in [0.25, 0.3) is 0 Å². The quantitative estimate of drug-likeness (QED) is 0.289. The zero-order valence-electron chi connectivity index (χ0n) is 20.4. The zero-order chi connectivity index (χ0) is 24.4. The molecule has 5 rings (SSSR count). The van der Waals surface area contributed by atoms with E-state index >= 15 is 0 Å². The van der Waals surface area contributed by atoms with Gasteiger partial charge in [0, 0.05) is 9.79 Å². The van der Waals surface area contributed by atoms with Gasteiger partial charge in [-0.15, -0.1) is 0 Å². The van der Waals surface area contributed by atoms with Crippen molar-refractivity contribution in [3.8, 4) is 34.1 Å². The molecule has 0 aliphatic carbocycles. The summed E-state index contributed by atoms with van der Waals surface area (Å²) in [6.07, 6.45) is 4.63. The first-order valence-corrected chi connectivity index (χ1v) is 14.0. The molecule has 0 atom stereocenters. The number of methoxy groups -OCH3 is 1. The number of fused-ring (bicyclic) bond motifs is 2. The van der Waals surface area contributed by atoms with Crippen LogP contribution in [0.1, 0.15) is 30.5 Å². The van der Waals surface area contributed by atoms with Gasteiger partial charge in [-0.1, -0.05) is 74.5 Å². The third-order valence-corrected chi connectivity index (χ3v) is 11.5. The Labute approximate surface area is 209 Å². The topological polar surface area (TPSA) is 33.0 Å². The van der Waals surface area contributed by atoms with Crippen molar-refractivity contribution in [2.45, 2.75) is 23.6 Å². The molecular weight excluding hydrogens is 446 g/mol. The Morgan fingerprint density at radius 2 is 1.17 bits per heavy atom. The number of hydrogen-bond donors (Lipinski definition) is 0. The lowest BCUT2D eigenvalue weighted by molar-refractivity contribution is 0.415. The van der Waals surface area contributed by atoms with Crippen LogP contribution in [0.15, 0.2) is 94.7 Å². The minimum absolute atomic E-state index is 0.685. The van der Waals surface area contributed by atoms with E-state index in [0.29, 0.717) is 5.56 Å². The van der Waals surface area contributed by atoms with Crippen LogP contribution in [0.5, 0.6) is 5.75 Å². The number of nitriles is 1. The Hall–Kier alpha value is -3.74. The van der Waals surface area contributed by atoms with Gasteiger partial charge in [0.05, 0.1) is 18.7 Å². The highest BCUT2D eigenvalue weighted by atomic mass is 32.3. The largest absolute Gasteiger partial charge is 0.497 e. The standard InChI is InChI=1S/C32H29NOS/c1-4-35(5-2)31-10-6-8-27(24-14-12-23(22-33)13-15-24)29(31)20-21-30-28(9-7-11-32(30)35)25-16-18-26(34-3)19-17-25/h6-21H,4-5H2,1-3H3. The van der Waals surface area contributed by atoms with Gasteiger partial charge in [0.1, 0.15) is 5.75 Å². The lowest BCUT2D eigenvalue weighted by Gasteiger charge is -2.41. The van der Waals surface area contributed by atoms with E-state index in [-0.39, 0.29) is 0 Å². The molecule has 0 amide bonds. The summed E-state index contributed by atoms with van der Waals surface area (Å²) in [6, 6.07) is 32.1. The Balaban J connectivity index is 1.75. The van der Waals surface area contributed by atoms with Crippen molar-refractivity contribution >= 4 is 22.2 Å². The van der Waals surface area contributed by atoms with Gasteiger partial charge in [-0.05, 0) is 81.3 Å². The van der Waals surface area contributed by atoms with Gasteiger partial charge in [-0.3, -0.25) is 0 Å². The maximum Gasteiger partial charge on any atom is 0.118 e. The molecular formula is C32H29NOS. The lowest BCUT2D eigenvalue weighted by atomic mass is 9.96. The van der Waals surface area contributed by atoms with E-state index in [4.69, 9.17) is 4.74 Å². The van der Waals surface area contributed by atoms with Gasteiger partial charge >= 0.3 is 0 Å². The summed E-state index contributed by atoms with van der Waals surface area (Å²) in [5.41, 5.74) is 8.13. The maximum atomic E-state index is 9.25. The van der Waals surface area contributed by atoms with E-state index in [0.717, 1.165) is 22.8 Å². The second-order valence-electron chi connectivity index (χ2n) is 8.65. The molecule has 4 aromatic rings. The Bertz CT molecular complexity index is 1440. The predicted molar refractivity (Wildman–Crippen MR) is 149 cm³/mol. The van der Waals surface area contributed by atoms with E-state index in [1.165, 1.54) is 37.6 Å². The van der Waals surface area contributed by atoms with E-state index in [9.17, 15) is 5.26 Å². The molecule has 0 unspecified atom stereocenters. The number of nitrogens with zero attached hydrogens (tertiary/aromatic N) is 1. The van der Waals surface area contributed by atoms with Crippen LogP contribution in [-0.4, -0.2) is 18.6 Å². The average Bonchev–Trinajstić information content (AvgIpc) is 3.07. The van der Waals surface area contributed by atoms with Gasteiger partial charge in [0.2, 0.25) is 0 Å². The fourth-order valence-electron chi connectivity index (χ4n) is 5.22. The van der Waals surface area contributed by atoms with Crippen LogP contribution in [0.4, 0.5) is 0 Å². The SMILES string of the molecule is CCS1(CC)c2cccc(-c3ccc(C#N)cc3)c2C=Cc2c(-c3ccc(OC)cc3)cccc21. The van der Waals surface area contributed by atoms with Gasteiger partial charge in [-0.25, -0.2) is 0 Å². The highest BCUT2D eigenvalue weighted by Crippen LogP contribution is 2.66. The summed E-state index contributed by atoms with van der Waals surface area (Å²) in [5, 5.41) is 9.25.